The first-order chi connectivity index (χ1) is 7.29. The smallest absolute Gasteiger partial charge is 0.149 e. The topological polar surface area (TPSA) is 32.3 Å². The fourth-order valence-corrected chi connectivity index (χ4v) is 1.92. The Bertz CT molecular complexity index is 323. The highest BCUT2D eigenvalue weighted by Crippen LogP contribution is 2.14. The molecular weight excluding hydrogens is 212 g/mol. The van der Waals surface area contributed by atoms with Crippen molar-refractivity contribution in [1.29, 1.82) is 0 Å². The van der Waals surface area contributed by atoms with Crippen LogP contribution in [-0.2, 0) is 0 Å². The minimum atomic E-state index is 0.463. The van der Waals surface area contributed by atoms with E-state index in [1.165, 1.54) is 0 Å². The van der Waals surface area contributed by atoms with Crippen molar-refractivity contribution >= 4 is 17.4 Å². The van der Waals surface area contributed by atoms with Crippen molar-refractivity contribution in [2.24, 2.45) is 0 Å². The summed E-state index contributed by atoms with van der Waals surface area (Å²) in [5, 5.41) is 0.463. The van der Waals surface area contributed by atoms with E-state index in [4.69, 9.17) is 11.6 Å². The normalized spacial score (nSPS) is 18.1. The van der Waals surface area contributed by atoms with Crippen LogP contribution in [0.15, 0.2) is 12.4 Å². The summed E-state index contributed by atoms with van der Waals surface area (Å²) >= 11 is 5.81. The number of aromatic nitrogens is 2. The van der Waals surface area contributed by atoms with Crippen LogP contribution < -0.4 is 4.90 Å². The zero-order valence-electron chi connectivity index (χ0n) is 8.86. The average Bonchev–Trinajstić information content (AvgIpc) is 2.29. The number of rotatable bonds is 2. The van der Waals surface area contributed by atoms with E-state index in [0.717, 1.165) is 38.5 Å². The van der Waals surface area contributed by atoms with Crippen LogP contribution in [0.25, 0.3) is 0 Å². The third-order valence-electron chi connectivity index (χ3n) is 2.74. The summed E-state index contributed by atoms with van der Waals surface area (Å²) in [6, 6.07) is 0. The molecule has 1 aromatic heterocycles. The zero-order chi connectivity index (χ0) is 10.7. The predicted molar refractivity (Wildman–Crippen MR) is 61.4 cm³/mol. The number of halogens is 1. The largest absolute Gasteiger partial charge is 0.353 e. The molecule has 0 radical (unpaired) electrons. The number of anilines is 1. The summed E-state index contributed by atoms with van der Waals surface area (Å²) in [6.07, 6.45) is 3.33. The maximum atomic E-state index is 5.81. The van der Waals surface area contributed by atoms with Gasteiger partial charge < -0.3 is 9.80 Å². The molecule has 15 heavy (non-hydrogen) atoms. The Morgan fingerprint density at radius 3 is 2.60 bits per heavy atom. The summed E-state index contributed by atoms with van der Waals surface area (Å²) in [5.41, 5.74) is 0. The molecule has 0 N–H and O–H groups in total. The molecular formula is C10H15ClN4. The van der Waals surface area contributed by atoms with Crippen molar-refractivity contribution in [1.82, 2.24) is 14.9 Å². The van der Waals surface area contributed by atoms with Crippen LogP contribution in [0.4, 0.5) is 5.82 Å². The summed E-state index contributed by atoms with van der Waals surface area (Å²) in [7, 11) is 0. The zero-order valence-corrected chi connectivity index (χ0v) is 9.61. The Morgan fingerprint density at radius 1 is 1.27 bits per heavy atom. The van der Waals surface area contributed by atoms with Crippen molar-refractivity contribution < 1.29 is 0 Å². The molecule has 1 fully saturated rings. The van der Waals surface area contributed by atoms with Gasteiger partial charge >= 0.3 is 0 Å². The summed E-state index contributed by atoms with van der Waals surface area (Å²) in [6.45, 7) is 7.49. The number of likely N-dealkylation sites (N-methyl/N-ethyl adjacent to an activating group) is 1. The van der Waals surface area contributed by atoms with Gasteiger partial charge in [-0.3, -0.25) is 4.98 Å². The molecule has 5 heteroatoms. The third-order valence-corrected chi connectivity index (χ3v) is 2.92. The van der Waals surface area contributed by atoms with Gasteiger partial charge in [-0.2, -0.15) is 0 Å². The van der Waals surface area contributed by atoms with Gasteiger partial charge in [-0.15, -0.1) is 0 Å². The van der Waals surface area contributed by atoms with Crippen molar-refractivity contribution in [2.75, 3.05) is 37.6 Å². The Balaban J connectivity index is 2.01. The third kappa shape index (κ3) is 2.58. The lowest BCUT2D eigenvalue weighted by Gasteiger charge is -2.34. The van der Waals surface area contributed by atoms with Crippen LogP contribution >= 0.6 is 11.6 Å². The molecule has 0 aliphatic carbocycles. The standard InChI is InChI=1S/C10H15ClN4/c1-2-14-3-5-15(6-4-14)10-8-12-7-9(11)13-10/h7-8H,2-6H2,1H3. The van der Waals surface area contributed by atoms with E-state index in [-0.39, 0.29) is 0 Å². The SMILES string of the molecule is CCN1CCN(c2cncc(Cl)n2)CC1. The molecule has 1 saturated heterocycles. The number of nitrogens with zero attached hydrogens (tertiary/aromatic N) is 4. The maximum absolute atomic E-state index is 5.81. The van der Waals surface area contributed by atoms with Crippen molar-refractivity contribution in [3.05, 3.63) is 17.5 Å². The van der Waals surface area contributed by atoms with Gasteiger partial charge in [0.15, 0.2) is 0 Å². The average molecular weight is 227 g/mol. The second kappa shape index (κ2) is 4.77. The second-order valence-electron chi connectivity index (χ2n) is 3.62. The first kappa shape index (κ1) is 10.6. The minimum Gasteiger partial charge on any atom is -0.353 e. The van der Waals surface area contributed by atoms with Crippen LogP contribution in [-0.4, -0.2) is 47.6 Å². The number of piperazine rings is 1. The van der Waals surface area contributed by atoms with Gasteiger partial charge in [-0.25, -0.2) is 4.98 Å². The molecule has 0 aromatic carbocycles. The molecule has 2 rings (SSSR count). The monoisotopic (exact) mass is 226 g/mol. The Hall–Kier alpha value is -0.870. The molecule has 0 unspecified atom stereocenters. The Labute approximate surface area is 94.9 Å². The molecule has 82 valence electrons. The van der Waals surface area contributed by atoms with Gasteiger partial charge in [0.1, 0.15) is 11.0 Å². The molecule has 0 bridgehead atoms. The quantitative estimate of drug-likeness (QED) is 0.761. The van der Waals surface area contributed by atoms with Crippen LogP contribution in [0.3, 0.4) is 0 Å². The summed E-state index contributed by atoms with van der Waals surface area (Å²) < 4.78 is 0. The van der Waals surface area contributed by atoms with Crippen LogP contribution in [0.1, 0.15) is 6.92 Å². The van der Waals surface area contributed by atoms with Crippen molar-refractivity contribution in [3.8, 4) is 0 Å². The van der Waals surface area contributed by atoms with E-state index in [0.29, 0.717) is 5.15 Å². The lowest BCUT2D eigenvalue weighted by molar-refractivity contribution is 0.270. The van der Waals surface area contributed by atoms with Crippen molar-refractivity contribution in [2.45, 2.75) is 6.92 Å². The number of hydrogen-bond acceptors (Lipinski definition) is 4. The van der Waals surface area contributed by atoms with Gasteiger partial charge in [0, 0.05) is 26.2 Å². The Morgan fingerprint density at radius 2 is 2.00 bits per heavy atom. The Kier molecular flexibility index (Phi) is 3.38. The van der Waals surface area contributed by atoms with Crippen LogP contribution in [0, 0.1) is 0 Å². The van der Waals surface area contributed by atoms with Crippen LogP contribution in [0.2, 0.25) is 5.15 Å². The lowest BCUT2D eigenvalue weighted by Crippen LogP contribution is -2.46. The lowest BCUT2D eigenvalue weighted by atomic mass is 10.3. The highest BCUT2D eigenvalue weighted by molar-refractivity contribution is 6.29. The van der Waals surface area contributed by atoms with E-state index < -0.39 is 0 Å². The molecule has 1 aliphatic rings. The highest BCUT2D eigenvalue weighted by atomic mass is 35.5. The van der Waals surface area contributed by atoms with Crippen LogP contribution in [0.5, 0.6) is 0 Å². The molecule has 0 atom stereocenters. The van der Waals surface area contributed by atoms with E-state index in [2.05, 4.69) is 26.7 Å². The number of hydrogen-bond donors (Lipinski definition) is 0. The van der Waals surface area contributed by atoms with Gasteiger partial charge in [-0.05, 0) is 6.54 Å². The highest BCUT2D eigenvalue weighted by Gasteiger charge is 2.16. The van der Waals surface area contributed by atoms with E-state index >= 15 is 0 Å². The summed E-state index contributed by atoms with van der Waals surface area (Å²) in [5.74, 6) is 0.887. The first-order valence-corrected chi connectivity index (χ1v) is 5.62. The van der Waals surface area contributed by atoms with Gasteiger partial charge in [0.25, 0.3) is 0 Å². The van der Waals surface area contributed by atoms with E-state index in [9.17, 15) is 0 Å². The molecule has 0 saturated carbocycles. The minimum absolute atomic E-state index is 0.463. The maximum Gasteiger partial charge on any atom is 0.149 e. The van der Waals surface area contributed by atoms with Gasteiger partial charge in [-0.1, -0.05) is 18.5 Å². The molecule has 2 heterocycles. The fourth-order valence-electron chi connectivity index (χ4n) is 1.78. The van der Waals surface area contributed by atoms with E-state index in [1.807, 2.05) is 0 Å². The van der Waals surface area contributed by atoms with Crippen molar-refractivity contribution in [3.63, 3.8) is 0 Å². The predicted octanol–water partition coefficient (Wildman–Crippen LogP) is 1.27. The van der Waals surface area contributed by atoms with E-state index in [1.54, 1.807) is 12.4 Å². The molecule has 4 nitrogen and oxygen atoms in total. The molecule has 0 amide bonds. The molecule has 1 aliphatic heterocycles. The van der Waals surface area contributed by atoms with Gasteiger partial charge in [0.2, 0.25) is 0 Å². The van der Waals surface area contributed by atoms with Gasteiger partial charge in [0.05, 0.1) is 12.4 Å². The molecule has 0 spiro atoms. The first-order valence-electron chi connectivity index (χ1n) is 5.24. The summed E-state index contributed by atoms with van der Waals surface area (Å²) in [4.78, 5) is 13.0. The fraction of sp³-hybridized carbons (Fsp3) is 0.600. The molecule has 1 aromatic rings. The second-order valence-corrected chi connectivity index (χ2v) is 4.01.